The summed E-state index contributed by atoms with van der Waals surface area (Å²) in [6.07, 6.45) is 2.83. The van der Waals surface area contributed by atoms with Gasteiger partial charge in [-0.15, -0.1) is 0 Å². The highest BCUT2D eigenvalue weighted by atomic mass is 16.5. The second kappa shape index (κ2) is 11.4. The van der Waals surface area contributed by atoms with Crippen molar-refractivity contribution in [2.75, 3.05) is 35.3 Å². The quantitative estimate of drug-likeness (QED) is 0.434. The third kappa shape index (κ3) is 6.73. The second-order valence-electron chi connectivity index (χ2n) is 9.67. The number of aliphatic carboxylic acids is 1. The Morgan fingerprint density at radius 3 is 2.38 bits per heavy atom. The van der Waals surface area contributed by atoms with Crippen LogP contribution >= 0.6 is 0 Å². The molecule has 2 aromatic carbocycles. The third-order valence-corrected chi connectivity index (χ3v) is 6.33. The van der Waals surface area contributed by atoms with Gasteiger partial charge in [0.1, 0.15) is 0 Å². The Morgan fingerprint density at radius 2 is 1.76 bits per heavy atom. The van der Waals surface area contributed by atoms with E-state index in [1.54, 1.807) is 0 Å². The molecule has 1 aliphatic rings. The van der Waals surface area contributed by atoms with Gasteiger partial charge in [0.2, 0.25) is 0 Å². The van der Waals surface area contributed by atoms with Gasteiger partial charge in [-0.3, -0.25) is 4.79 Å². The molecule has 7 heteroatoms. The number of benzene rings is 2. The molecule has 0 unspecified atom stereocenters. The van der Waals surface area contributed by atoms with Crippen molar-refractivity contribution in [2.45, 2.75) is 64.8 Å². The molecule has 0 spiro atoms. The van der Waals surface area contributed by atoms with E-state index >= 15 is 0 Å². The zero-order valence-electron chi connectivity index (χ0n) is 20.7. The van der Waals surface area contributed by atoms with Crippen molar-refractivity contribution in [3.05, 3.63) is 53.6 Å². The van der Waals surface area contributed by atoms with Crippen LogP contribution in [0.5, 0.6) is 0 Å². The number of anilines is 3. The predicted octanol–water partition coefficient (Wildman–Crippen LogP) is 5.79. The van der Waals surface area contributed by atoms with Gasteiger partial charge >= 0.3 is 12.0 Å². The van der Waals surface area contributed by atoms with Gasteiger partial charge in [0.05, 0.1) is 17.8 Å². The van der Waals surface area contributed by atoms with Crippen LogP contribution in [0.4, 0.5) is 21.9 Å². The smallest absolute Gasteiger partial charge is 0.323 e. The van der Waals surface area contributed by atoms with Gasteiger partial charge < -0.3 is 25.4 Å². The van der Waals surface area contributed by atoms with E-state index in [-0.39, 0.29) is 12.5 Å². The Balaban J connectivity index is 1.95. The number of aryl methyl sites for hydroxylation is 1. The fourth-order valence-electron chi connectivity index (χ4n) is 4.45. The summed E-state index contributed by atoms with van der Waals surface area (Å²) in [7, 11) is 0. The van der Waals surface area contributed by atoms with Crippen LogP contribution in [0, 0.1) is 6.92 Å². The van der Waals surface area contributed by atoms with Crippen molar-refractivity contribution < 1.29 is 19.4 Å². The normalized spacial score (nSPS) is 14.5. The number of ether oxygens (including phenoxy) is 1. The average Bonchev–Trinajstić information content (AvgIpc) is 2.79. The molecule has 2 amide bonds. The van der Waals surface area contributed by atoms with E-state index in [4.69, 9.17) is 4.74 Å². The van der Waals surface area contributed by atoms with Crippen molar-refractivity contribution in [1.82, 2.24) is 0 Å². The lowest BCUT2D eigenvalue weighted by atomic mass is 9.81. The summed E-state index contributed by atoms with van der Waals surface area (Å²) in [5, 5.41) is 15.3. The van der Waals surface area contributed by atoms with Gasteiger partial charge in [-0.1, -0.05) is 44.5 Å². The first-order valence-electron chi connectivity index (χ1n) is 12.0. The molecule has 1 heterocycles. The van der Waals surface area contributed by atoms with Crippen LogP contribution in [0.3, 0.4) is 0 Å². The van der Waals surface area contributed by atoms with Crippen LogP contribution < -0.4 is 15.5 Å². The molecular weight excluding hydrogens is 430 g/mol. The standard InChI is InChI=1S/C27H37N3O4/c1-5-14-30(22-12-15-34-16-13-22)24-11-8-20(27(3,4)18-25(31)32)17-23(24)29-26(33)28-21-9-6-19(2)7-10-21/h6-11,17,22H,5,12-16,18H2,1-4H3,(H,31,32)(H2,28,29,33). The summed E-state index contributed by atoms with van der Waals surface area (Å²) in [6, 6.07) is 13.6. The van der Waals surface area contributed by atoms with Gasteiger partial charge in [-0.05, 0) is 56.0 Å². The van der Waals surface area contributed by atoms with Crippen molar-refractivity contribution >= 4 is 29.1 Å². The summed E-state index contributed by atoms with van der Waals surface area (Å²) in [4.78, 5) is 26.8. The Hall–Kier alpha value is -3.06. The van der Waals surface area contributed by atoms with Crippen molar-refractivity contribution in [1.29, 1.82) is 0 Å². The highest BCUT2D eigenvalue weighted by molar-refractivity contribution is 6.02. The number of carboxylic acid groups (broad SMARTS) is 1. The van der Waals surface area contributed by atoms with Gasteiger partial charge in [0, 0.05) is 36.9 Å². The minimum Gasteiger partial charge on any atom is -0.481 e. The van der Waals surface area contributed by atoms with E-state index in [9.17, 15) is 14.7 Å². The molecular formula is C27H37N3O4. The number of nitrogens with zero attached hydrogens (tertiary/aromatic N) is 1. The van der Waals surface area contributed by atoms with E-state index in [1.807, 2.05) is 63.2 Å². The van der Waals surface area contributed by atoms with E-state index < -0.39 is 11.4 Å². The Morgan fingerprint density at radius 1 is 1.09 bits per heavy atom. The van der Waals surface area contributed by atoms with Crippen LogP contribution in [0.1, 0.15) is 57.6 Å². The molecule has 1 aliphatic heterocycles. The zero-order valence-corrected chi connectivity index (χ0v) is 20.7. The average molecular weight is 468 g/mol. The Labute approximate surface area is 202 Å². The zero-order chi connectivity index (χ0) is 24.7. The SMILES string of the molecule is CCCN(c1ccc(C(C)(C)CC(=O)O)cc1NC(=O)Nc1ccc(C)cc1)C1CCOCC1. The van der Waals surface area contributed by atoms with E-state index in [0.29, 0.717) is 17.4 Å². The van der Waals surface area contributed by atoms with E-state index in [2.05, 4.69) is 22.5 Å². The first-order valence-corrected chi connectivity index (χ1v) is 12.0. The minimum absolute atomic E-state index is 0.0000122. The molecule has 0 radical (unpaired) electrons. The lowest BCUT2D eigenvalue weighted by Gasteiger charge is -2.37. The molecule has 2 aromatic rings. The fraction of sp³-hybridized carbons (Fsp3) is 0.481. The highest BCUT2D eigenvalue weighted by Crippen LogP contribution is 2.36. The number of carbonyl (C=O) groups excluding carboxylic acids is 1. The molecule has 0 bridgehead atoms. The van der Waals surface area contributed by atoms with E-state index in [0.717, 1.165) is 55.8 Å². The maximum atomic E-state index is 13.0. The number of urea groups is 1. The van der Waals surface area contributed by atoms with Crippen molar-refractivity contribution in [3.8, 4) is 0 Å². The summed E-state index contributed by atoms with van der Waals surface area (Å²) in [5.74, 6) is -0.851. The minimum atomic E-state index is -0.851. The molecule has 1 saturated heterocycles. The van der Waals surface area contributed by atoms with Crippen LogP contribution in [-0.2, 0) is 14.9 Å². The number of nitrogens with one attached hydrogen (secondary N) is 2. The number of hydrogen-bond donors (Lipinski definition) is 3. The number of rotatable bonds is 9. The maximum Gasteiger partial charge on any atom is 0.323 e. The largest absolute Gasteiger partial charge is 0.481 e. The molecule has 184 valence electrons. The molecule has 1 fully saturated rings. The van der Waals surface area contributed by atoms with Crippen molar-refractivity contribution in [2.24, 2.45) is 0 Å². The first kappa shape index (κ1) is 25.6. The van der Waals surface area contributed by atoms with Gasteiger partial charge in [0.25, 0.3) is 0 Å². The van der Waals surface area contributed by atoms with Crippen LogP contribution in [-0.4, -0.2) is 42.9 Å². The number of hydrogen-bond acceptors (Lipinski definition) is 4. The van der Waals surface area contributed by atoms with E-state index in [1.165, 1.54) is 0 Å². The second-order valence-corrected chi connectivity index (χ2v) is 9.67. The summed E-state index contributed by atoms with van der Waals surface area (Å²) < 4.78 is 5.57. The van der Waals surface area contributed by atoms with Gasteiger partial charge in [-0.2, -0.15) is 0 Å². The van der Waals surface area contributed by atoms with Crippen molar-refractivity contribution in [3.63, 3.8) is 0 Å². The summed E-state index contributed by atoms with van der Waals surface area (Å²) in [5.41, 5.74) is 3.74. The summed E-state index contributed by atoms with van der Waals surface area (Å²) in [6.45, 7) is 10.3. The molecule has 0 atom stereocenters. The number of carboxylic acids is 1. The fourth-order valence-corrected chi connectivity index (χ4v) is 4.45. The topological polar surface area (TPSA) is 90.9 Å². The molecule has 0 saturated carbocycles. The molecule has 0 aromatic heterocycles. The molecule has 0 aliphatic carbocycles. The lowest BCUT2D eigenvalue weighted by Crippen LogP contribution is -2.40. The molecule has 7 nitrogen and oxygen atoms in total. The lowest BCUT2D eigenvalue weighted by molar-refractivity contribution is -0.138. The van der Waals surface area contributed by atoms with Gasteiger partial charge in [-0.25, -0.2) is 4.79 Å². The molecule has 3 rings (SSSR count). The van der Waals surface area contributed by atoms with Crippen LogP contribution in [0.25, 0.3) is 0 Å². The van der Waals surface area contributed by atoms with Crippen LogP contribution in [0.15, 0.2) is 42.5 Å². The highest BCUT2D eigenvalue weighted by Gasteiger charge is 2.28. The Bertz CT molecular complexity index is 982. The molecule has 3 N–H and O–H groups in total. The number of carbonyl (C=O) groups is 2. The molecule has 34 heavy (non-hydrogen) atoms. The Kier molecular flexibility index (Phi) is 8.56. The summed E-state index contributed by atoms with van der Waals surface area (Å²) >= 11 is 0. The number of amides is 2. The predicted molar refractivity (Wildman–Crippen MR) is 137 cm³/mol. The monoisotopic (exact) mass is 467 g/mol. The third-order valence-electron chi connectivity index (χ3n) is 6.33. The van der Waals surface area contributed by atoms with Crippen LogP contribution in [0.2, 0.25) is 0 Å². The van der Waals surface area contributed by atoms with Gasteiger partial charge in [0.15, 0.2) is 0 Å². The first-order chi connectivity index (χ1) is 16.2. The maximum absolute atomic E-state index is 13.0.